The minimum absolute atomic E-state index is 0.360. The molecule has 0 radical (unpaired) electrons. The monoisotopic (exact) mass is 278 g/mol. The standard InChI is InChI=1S/C14H18N2O4/c1-8-10(12(17)20-14(2,3)4)11(16-13(18)15-8)9-5-6-19-7-9/h5-7,11H,1-4H3,(H2,15,16,18). The van der Waals surface area contributed by atoms with E-state index < -0.39 is 17.6 Å². The number of hydrogen-bond donors (Lipinski definition) is 2. The summed E-state index contributed by atoms with van der Waals surface area (Å²) in [7, 11) is 0. The van der Waals surface area contributed by atoms with Crippen molar-refractivity contribution in [2.75, 3.05) is 0 Å². The Morgan fingerprint density at radius 1 is 1.40 bits per heavy atom. The second-order valence-electron chi connectivity index (χ2n) is 5.63. The SMILES string of the molecule is CC1=C(C(=O)OC(C)(C)C)C(c2ccoc2)NC(=O)N1. The Bertz CT molecular complexity index is 552. The van der Waals surface area contributed by atoms with E-state index in [1.807, 2.05) is 0 Å². The highest BCUT2D eigenvalue weighted by Gasteiger charge is 2.34. The van der Waals surface area contributed by atoms with Gasteiger partial charge in [0.2, 0.25) is 0 Å². The van der Waals surface area contributed by atoms with E-state index in [0.717, 1.165) is 0 Å². The third kappa shape index (κ3) is 3.01. The van der Waals surface area contributed by atoms with Crippen LogP contribution in [0.2, 0.25) is 0 Å². The maximum atomic E-state index is 12.3. The third-order valence-corrected chi connectivity index (χ3v) is 2.76. The van der Waals surface area contributed by atoms with Crippen molar-refractivity contribution in [3.8, 4) is 0 Å². The maximum absolute atomic E-state index is 12.3. The number of carbonyl (C=O) groups is 2. The fourth-order valence-electron chi connectivity index (χ4n) is 1.99. The first-order valence-corrected chi connectivity index (χ1v) is 6.31. The van der Waals surface area contributed by atoms with Crippen LogP contribution in [-0.4, -0.2) is 17.6 Å². The molecular formula is C14H18N2O4. The predicted molar refractivity (Wildman–Crippen MR) is 71.7 cm³/mol. The molecule has 2 amide bonds. The van der Waals surface area contributed by atoms with E-state index in [2.05, 4.69) is 10.6 Å². The number of allylic oxidation sites excluding steroid dienone is 1. The Labute approximate surface area is 117 Å². The van der Waals surface area contributed by atoms with Crippen LogP contribution in [0.5, 0.6) is 0 Å². The lowest BCUT2D eigenvalue weighted by atomic mass is 9.97. The van der Waals surface area contributed by atoms with Crippen LogP contribution in [0.15, 0.2) is 34.3 Å². The summed E-state index contributed by atoms with van der Waals surface area (Å²) in [6, 6.07) is 0.770. The molecule has 1 atom stereocenters. The quantitative estimate of drug-likeness (QED) is 0.813. The lowest BCUT2D eigenvalue weighted by Crippen LogP contribution is -2.45. The predicted octanol–water partition coefficient (Wildman–Crippen LogP) is 2.25. The highest BCUT2D eigenvalue weighted by molar-refractivity contribution is 5.95. The Kier molecular flexibility index (Phi) is 3.57. The van der Waals surface area contributed by atoms with Crippen LogP contribution in [0, 0.1) is 0 Å². The summed E-state index contributed by atoms with van der Waals surface area (Å²) in [5.41, 5.74) is 0.947. The topological polar surface area (TPSA) is 80.6 Å². The summed E-state index contributed by atoms with van der Waals surface area (Å²) in [5, 5.41) is 5.28. The summed E-state index contributed by atoms with van der Waals surface area (Å²) in [4.78, 5) is 23.9. The van der Waals surface area contributed by atoms with Gasteiger partial charge in [0.1, 0.15) is 5.60 Å². The van der Waals surface area contributed by atoms with Crippen molar-refractivity contribution in [3.63, 3.8) is 0 Å². The zero-order chi connectivity index (χ0) is 14.9. The number of urea groups is 1. The van der Waals surface area contributed by atoms with Gasteiger partial charge in [0, 0.05) is 11.3 Å². The van der Waals surface area contributed by atoms with Crippen molar-refractivity contribution in [1.82, 2.24) is 10.6 Å². The fraction of sp³-hybridized carbons (Fsp3) is 0.429. The minimum atomic E-state index is -0.604. The van der Waals surface area contributed by atoms with Crippen molar-refractivity contribution >= 4 is 12.0 Å². The highest BCUT2D eigenvalue weighted by Crippen LogP contribution is 2.28. The van der Waals surface area contributed by atoms with E-state index in [-0.39, 0.29) is 6.03 Å². The average Bonchev–Trinajstić information content (AvgIpc) is 2.77. The first-order valence-electron chi connectivity index (χ1n) is 6.31. The highest BCUT2D eigenvalue weighted by atomic mass is 16.6. The van der Waals surface area contributed by atoms with Crippen LogP contribution in [-0.2, 0) is 9.53 Å². The first kappa shape index (κ1) is 14.2. The summed E-state index contributed by atoms with van der Waals surface area (Å²) < 4.78 is 10.4. The zero-order valence-electron chi connectivity index (χ0n) is 11.9. The van der Waals surface area contributed by atoms with Gasteiger partial charge in [0.05, 0.1) is 24.1 Å². The summed E-state index contributed by atoms with van der Waals surface area (Å²) >= 11 is 0. The normalized spacial score (nSPS) is 19.4. The molecule has 2 N–H and O–H groups in total. The molecule has 108 valence electrons. The summed E-state index contributed by atoms with van der Waals surface area (Å²) in [5.74, 6) is -0.464. The van der Waals surface area contributed by atoms with Gasteiger partial charge in [0.25, 0.3) is 0 Å². The van der Waals surface area contributed by atoms with Gasteiger partial charge in [-0.2, -0.15) is 0 Å². The second kappa shape index (κ2) is 5.03. The number of rotatable bonds is 2. The molecule has 1 aliphatic heterocycles. The summed E-state index contributed by atoms with van der Waals surface area (Å²) in [6.45, 7) is 7.05. The van der Waals surface area contributed by atoms with Gasteiger partial charge in [-0.25, -0.2) is 9.59 Å². The zero-order valence-corrected chi connectivity index (χ0v) is 11.9. The Morgan fingerprint density at radius 3 is 2.65 bits per heavy atom. The van der Waals surface area contributed by atoms with Crippen LogP contribution in [0.25, 0.3) is 0 Å². The van der Waals surface area contributed by atoms with Crippen LogP contribution in [0.4, 0.5) is 4.79 Å². The van der Waals surface area contributed by atoms with Gasteiger partial charge >= 0.3 is 12.0 Å². The smallest absolute Gasteiger partial charge is 0.338 e. The van der Waals surface area contributed by atoms with Gasteiger partial charge in [-0.15, -0.1) is 0 Å². The minimum Gasteiger partial charge on any atom is -0.472 e. The number of hydrogen-bond acceptors (Lipinski definition) is 4. The molecule has 0 saturated carbocycles. The number of amides is 2. The van der Waals surface area contributed by atoms with Gasteiger partial charge in [0.15, 0.2) is 0 Å². The number of carbonyl (C=O) groups excluding carboxylic acids is 2. The Morgan fingerprint density at radius 2 is 2.10 bits per heavy atom. The average molecular weight is 278 g/mol. The van der Waals surface area contributed by atoms with E-state index in [1.165, 1.54) is 12.5 Å². The molecule has 1 aromatic heterocycles. The van der Waals surface area contributed by atoms with E-state index in [4.69, 9.17) is 9.15 Å². The van der Waals surface area contributed by atoms with Gasteiger partial charge in [-0.3, -0.25) is 0 Å². The first-order chi connectivity index (χ1) is 9.28. The molecule has 2 heterocycles. The molecule has 0 bridgehead atoms. The molecular weight excluding hydrogens is 260 g/mol. The van der Waals surface area contributed by atoms with Crippen molar-refractivity contribution in [2.24, 2.45) is 0 Å². The van der Waals surface area contributed by atoms with Crippen LogP contribution < -0.4 is 10.6 Å². The van der Waals surface area contributed by atoms with Gasteiger partial charge < -0.3 is 19.8 Å². The molecule has 0 saturated heterocycles. The van der Waals surface area contributed by atoms with Crippen molar-refractivity contribution in [1.29, 1.82) is 0 Å². The molecule has 0 spiro atoms. The van der Waals surface area contributed by atoms with E-state index in [9.17, 15) is 9.59 Å². The van der Waals surface area contributed by atoms with Gasteiger partial charge in [-0.05, 0) is 33.8 Å². The molecule has 0 aromatic carbocycles. The number of furan rings is 1. The Hall–Kier alpha value is -2.24. The van der Waals surface area contributed by atoms with E-state index >= 15 is 0 Å². The number of nitrogens with one attached hydrogen (secondary N) is 2. The molecule has 1 aromatic rings. The molecule has 6 heteroatoms. The Balaban J connectivity index is 2.37. The van der Waals surface area contributed by atoms with Crippen LogP contribution in [0.1, 0.15) is 39.3 Å². The van der Waals surface area contributed by atoms with Crippen molar-refractivity contribution < 1.29 is 18.7 Å². The number of esters is 1. The van der Waals surface area contributed by atoms with E-state index in [0.29, 0.717) is 16.8 Å². The van der Waals surface area contributed by atoms with Crippen molar-refractivity contribution in [2.45, 2.75) is 39.3 Å². The van der Waals surface area contributed by atoms with Crippen LogP contribution in [0.3, 0.4) is 0 Å². The molecule has 1 unspecified atom stereocenters. The molecule has 6 nitrogen and oxygen atoms in total. The molecule has 1 aliphatic rings. The lowest BCUT2D eigenvalue weighted by molar-refractivity contribution is -0.150. The van der Waals surface area contributed by atoms with E-state index in [1.54, 1.807) is 33.8 Å². The van der Waals surface area contributed by atoms with Gasteiger partial charge in [-0.1, -0.05) is 0 Å². The molecule has 0 fully saturated rings. The molecule has 20 heavy (non-hydrogen) atoms. The fourth-order valence-corrected chi connectivity index (χ4v) is 1.99. The molecule has 0 aliphatic carbocycles. The van der Waals surface area contributed by atoms with Crippen LogP contribution >= 0.6 is 0 Å². The van der Waals surface area contributed by atoms with Crippen molar-refractivity contribution in [3.05, 3.63) is 35.4 Å². The second-order valence-corrected chi connectivity index (χ2v) is 5.63. The number of ether oxygens (including phenoxy) is 1. The molecule has 2 rings (SSSR count). The third-order valence-electron chi connectivity index (χ3n) is 2.76. The largest absolute Gasteiger partial charge is 0.472 e. The maximum Gasteiger partial charge on any atom is 0.338 e. The summed E-state index contributed by atoms with van der Waals surface area (Å²) in [6.07, 6.45) is 2.99. The lowest BCUT2D eigenvalue weighted by Gasteiger charge is -2.29.